The first-order chi connectivity index (χ1) is 14.0. The molecule has 3 aromatic rings. The molecule has 0 spiro atoms. The van der Waals surface area contributed by atoms with Crippen molar-refractivity contribution in [3.05, 3.63) is 76.5 Å². The molecule has 0 aliphatic rings. The lowest BCUT2D eigenvalue weighted by Crippen LogP contribution is -2.31. The van der Waals surface area contributed by atoms with E-state index in [1.165, 1.54) is 25.6 Å². The van der Waals surface area contributed by atoms with Gasteiger partial charge in [0.05, 0.1) is 19.1 Å². The van der Waals surface area contributed by atoms with Crippen molar-refractivity contribution >= 4 is 27.1 Å². The lowest BCUT2D eigenvalue weighted by atomic mass is 10.2. The predicted molar refractivity (Wildman–Crippen MR) is 113 cm³/mol. The van der Waals surface area contributed by atoms with Crippen molar-refractivity contribution in [3.63, 3.8) is 0 Å². The molecular formula is C21H21NO5S2. The molecule has 0 saturated heterocycles. The number of ether oxygens (including phenoxy) is 2. The second-order valence-electron chi connectivity index (χ2n) is 6.14. The van der Waals surface area contributed by atoms with E-state index >= 15 is 0 Å². The highest BCUT2D eigenvalue weighted by atomic mass is 32.2. The van der Waals surface area contributed by atoms with Crippen LogP contribution in [0.4, 0.5) is 0 Å². The monoisotopic (exact) mass is 431 g/mol. The number of nitrogens with one attached hydrogen (secondary N) is 1. The zero-order valence-corrected chi connectivity index (χ0v) is 17.6. The number of rotatable bonds is 8. The van der Waals surface area contributed by atoms with Crippen LogP contribution in [0, 0.1) is 0 Å². The summed E-state index contributed by atoms with van der Waals surface area (Å²) in [4.78, 5) is 13.5. The normalized spacial score (nSPS) is 12.2. The number of hydrogen-bond acceptors (Lipinski definition) is 6. The number of thiophene rings is 1. The summed E-state index contributed by atoms with van der Waals surface area (Å²) in [6.07, 6.45) is 0. The molecule has 0 aliphatic heterocycles. The van der Waals surface area contributed by atoms with Gasteiger partial charge in [0.15, 0.2) is 21.3 Å². The standard InChI is InChI=1S/C21H21NO5S2/c1-26-17-11-10-15(13-18(17)27-2)21(23)22-14-20(19-9-6-12-28-19)29(24,25)16-7-4-3-5-8-16/h3-13,20H,14H2,1-2H3,(H,22,23). The van der Waals surface area contributed by atoms with Crippen LogP contribution in [0.2, 0.25) is 0 Å². The Morgan fingerprint density at radius 3 is 2.34 bits per heavy atom. The first-order valence-electron chi connectivity index (χ1n) is 8.80. The van der Waals surface area contributed by atoms with Gasteiger partial charge < -0.3 is 14.8 Å². The van der Waals surface area contributed by atoms with Crippen LogP contribution in [0.1, 0.15) is 20.5 Å². The van der Waals surface area contributed by atoms with Gasteiger partial charge in [-0.05, 0) is 41.8 Å². The molecule has 1 atom stereocenters. The largest absolute Gasteiger partial charge is 0.493 e. The van der Waals surface area contributed by atoms with Crippen LogP contribution >= 0.6 is 11.3 Å². The van der Waals surface area contributed by atoms with Gasteiger partial charge in [-0.2, -0.15) is 0 Å². The first-order valence-corrected chi connectivity index (χ1v) is 11.2. The Hall–Kier alpha value is -2.84. The van der Waals surface area contributed by atoms with Crippen molar-refractivity contribution in [2.45, 2.75) is 10.1 Å². The molecule has 0 radical (unpaired) electrons. The van der Waals surface area contributed by atoms with E-state index in [-0.39, 0.29) is 11.4 Å². The Labute approximate surface area is 174 Å². The summed E-state index contributed by atoms with van der Waals surface area (Å²) in [5.41, 5.74) is 0.352. The lowest BCUT2D eigenvalue weighted by Gasteiger charge is -2.18. The molecule has 0 saturated carbocycles. The van der Waals surface area contributed by atoms with Gasteiger partial charge >= 0.3 is 0 Å². The second-order valence-corrected chi connectivity index (χ2v) is 9.25. The highest BCUT2D eigenvalue weighted by Crippen LogP contribution is 2.32. The van der Waals surface area contributed by atoms with Crippen LogP contribution in [0.5, 0.6) is 11.5 Å². The molecule has 3 rings (SSSR count). The Morgan fingerprint density at radius 2 is 1.72 bits per heavy atom. The van der Waals surface area contributed by atoms with Crippen molar-refractivity contribution in [2.24, 2.45) is 0 Å². The van der Waals surface area contributed by atoms with E-state index in [1.807, 2.05) is 5.38 Å². The van der Waals surface area contributed by atoms with Gasteiger partial charge in [0.2, 0.25) is 0 Å². The fourth-order valence-corrected chi connectivity index (χ4v) is 5.68. The summed E-state index contributed by atoms with van der Waals surface area (Å²) in [6.45, 7) is -0.0507. The highest BCUT2D eigenvalue weighted by molar-refractivity contribution is 7.91. The fourth-order valence-electron chi connectivity index (χ4n) is 2.88. The summed E-state index contributed by atoms with van der Waals surface area (Å²) in [7, 11) is -0.678. The molecule has 2 aromatic carbocycles. The minimum absolute atomic E-state index is 0.0507. The maximum absolute atomic E-state index is 13.2. The maximum atomic E-state index is 13.2. The van der Waals surface area contributed by atoms with Crippen LogP contribution in [0.3, 0.4) is 0 Å². The van der Waals surface area contributed by atoms with Crippen LogP contribution in [0.25, 0.3) is 0 Å². The number of carbonyl (C=O) groups is 1. The molecule has 6 nitrogen and oxygen atoms in total. The maximum Gasteiger partial charge on any atom is 0.251 e. The summed E-state index contributed by atoms with van der Waals surface area (Å²) in [6, 6.07) is 16.6. The summed E-state index contributed by atoms with van der Waals surface area (Å²) in [5.74, 6) is 0.537. The molecule has 1 amide bonds. The van der Waals surface area contributed by atoms with E-state index in [2.05, 4.69) is 5.32 Å². The van der Waals surface area contributed by atoms with E-state index in [0.29, 0.717) is 21.9 Å². The fraction of sp³-hybridized carbons (Fsp3) is 0.190. The molecule has 1 N–H and O–H groups in total. The van der Waals surface area contributed by atoms with E-state index < -0.39 is 21.0 Å². The Balaban J connectivity index is 1.84. The average Bonchev–Trinajstić information content (AvgIpc) is 3.28. The van der Waals surface area contributed by atoms with Crippen molar-refractivity contribution < 1.29 is 22.7 Å². The molecule has 0 fully saturated rings. The summed E-state index contributed by atoms with van der Waals surface area (Å²) in [5, 5.41) is 3.68. The third-order valence-electron chi connectivity index (χ3n) is 4.40. The highest BCUT2D eigenvalue weighted by Gasteiger charge is 2.30. The zero-order chi connectivity index (χ0) is 20.9. The average molecular weight is 432 g/mol. The van der Waals surface area contributed by atoms with Gasteiger partial charge in [0.1, 0.15) is 5.25 Å². The van der Waals surface area contributed by atoms with Crippen LogP contribution < -0.4 is 14.8 Å². The third kappa shape index (κ3) is 4.60. The Kier molecular flexibility index (Phi) is 6.56. The molecule has 1 aromatic heterocycles. The van der Waals surface area contributed by atoms with Crippen molar-refractivity contribution in [3.8, 4) is 11.5 Å². The number of methoxy groups -OCH3 is 2. The van der Waals surface area contributed by atoms with Gasteiger partial charge in [-0.3, -0.25) is 4.79 Å². The number of hydrogen-bond donors (Lipinski definition) is 1. The SMILES string of the molecule is COc1ccc(C(=O)NCC(c2cccs2)S(=O)(=O)c2ccccc2)cc1OC. The first kappa shape index (κ1) is 20.9. The second kappa shape index (κ2) is 9.11. The molecule has 1 heterocycles. The lowest BCUT2D eigenvalue weighted by molar-refractivity contribution is 0.0953. The summed E-state index contributed by atoms with van der Waals surface area (Å²) >= 11 is 1.34. The Bertz CT molecular complexity index is 1060. The molecular weight excluding hydrogens is 410 g/mol. The van der Waals surface area contributed by atoms with Crippen LogP contribution in [0.15, 0.2) is 70.9 Å². The molecule has 29 heavy (non-hydrogen) atoms. The third-order valence-corrected chi connectivity index (χ3v) is 7.63. The van der Waals surface area contributed by atoms with E-state index in [9.17, 15) is 13.2 Å². The van der Waals surface area contributed by atoms with Gasteiger partial charge in [-0.15, -0.1) is 11.3 Å². The predicted octanol–water partition coefficient (Wildman–Crippen LogP) is 3.71. The van der Waals surface area contributed by atoms with Gasteiger partial charge in [0.25, 0.3) is 5.91 Å². The van der Waals surface area contributed by atoms with Crippen LogP contribution in [-0.2, 0) is 9.84 Å². The molecule has 152 valence electrons. The smallest absolute Gasteiger partial charge is 0.251 e. The number of amides is 1. The number of carbonyl (C=O) groups excluding carboxylic acids is 1. The van der Waals surface area contributed by atoms with E-state index in [4.69, 9.17) is 9.47 Å². The molecule has 1 unspecified atom stereocenters. The van der Waals surface area contributed by atoms with Gasteiger partial charge in [0, 0.05) is 17.0 Å². The quantitative estimate of drug-likeness (QED) is 0.588. The van der Waals surface area contributed by atoms with Crippen molar-refractivity contribution in [2.75, 3.05) is 20.8 Å². The van der Waals surface area contributed by atoms with E-state index in [1.54, 1.807) is 60.7 Å². The van der Waals surface area contributed by atoms with Crippen molar-refractivity contribution in [1.29, 1.82) is 0 Å². The summed E-state index contributed by atoms with van der Waals surface area (Å²) < 4.78 is 36.8. The molecule has 0 bridgehead atoms. The van der Waals surface area contributed by atoms with Gasteiger partial charge in [-0.25, -0.2) is 8.42 Å². The number of benzene rings is 2. The minimum Gasteiger partial charge on any atom is -0.493 e. The van der Waals surface area contributed by atoms with Crippen molar-refractivity contribution in [1.82, 2.24) is 5.32 Å². The minimum atomic E-state index is -3.67. The molecule has 0 aliphatic carbocycles. The topological polar surface area (TPSA) is 81.7 Å². The number of sulfone groups is 1. The molecule has 8 heteroatoms. The van der Waals surface area contributed by atoms with Crippen LogP contribution in [-0.4, -0.2) is 35.1 Å². The zero-order valence-electron chi connectivity index (χ0n) is 16.0. The Morgan fingerprint density at radius 1 is 1.00 bits per heavy atom. The van der Waals surface area contributed by atoms with Gasteiger partial charge in [-0.1, -0.05) is 24.3 Å². The van der Waals surface area contributed by atoms with E-state index in [0.717, 1.165) is 0 Å².